The molecule has 1 aromatic heterocycles. The zero-order valence-corrected chi connectivity index (χ0v) is 9.24. The Morgan fingerprint density at radius 1 is 1.47 bits per heavy atom. The van der Waals surface area contributed by atoms with Gasteiger partial charge in [0.25, 0.3) is 0 Å². The summed E-state index contributed by atoms with van der Waals surface area (Å²) in [5.41, 5.74) is 6.29. The zero-order valence-electron chi connectivity index (χ0n) is 9.24. The summed E-state index contributed by atoms with van der Waals surface area (Å²) in [5.74, 6) is 2.60. The minimum atomic E-state index is 0.717. The highest BCUT2D eigenvalue weighted by molar-refractivity contribution is 5.43. The van der Waals surface area contributed by atoms with Gasteiger partial charge < -0.3 is 11.1 Å². The molecule has 2 rings (SSSR count). The van der Waals surface area contributed by atoms with E-state index in [1.807, 2.05) is 12.1 Å². The van der Waals surface area contributed by atoms with Crippen molar-refractivity contribution in [1.29, 1.82) is 0 Å². The molecule has 0 spiro atoms. The molecule has 1 aliphatic rings. The Balaban J connectivity index is 1.85. The van der Waals surface area contributed by atoms with Crippen molar-refractivity contribution in [3.8, 4) is 0 Å². The number of nitrogens with zero attached hydrogens (tertiary/aromatic N) is 1. The third-order valence-corrected chi connectivity index (χ3v) is 3.37. The summed E-state index contributed by atoms with van der Waals surface area (Å²) in [6.45, 7) is 3.38. The Kier molecular flexibility index (Phi) is 3.09. The summed E-state index contributed by atoms with van der Waals surface area (Å²) in [7, 11) is 0. The molecule has 1 heterocycles. The van der Waals surface area contributed by atoms with Gasteiger partial charge in [-0.25, -0.2) is 4.98 Å². The Labute approximate surface area is 91.1 Å². The Morgan fingerprint density at radius 3 is 2.93 bits per heavy atom. The SMILES string of the molecule is CC1CCCC1CNc1ccc(N)cn1. The largest absolute Gasteiger partial charge is 0.397 e. The molecule has 82 valence electrons. The van der Waals surface area contributed by atoms with E-state index in [2.05, 4.69) is 17.2 Å². The monoisotopic (exact) mass is 205 g/mol. The van der Waals surface area contributed by atoms with Crippen molar-refractivity contribution >= 4 is 11.5 Å². The molecule has 1 aliphatic carbocycles. The number of pyridine rings is 1. The quantitative estimate of drug-likeness (QED) is 0.797. The predicted molar refractivity (Wildman–Crippen MR) is 63.6 cm³/mol. The lowest BCUT2D eigenvalue weighted by atomic mass is 9.98. The second kappa shape index (κ2) is 4.51. The van der Waals surface area contributed by atoms with Gasteiger partial charge >= 0.3 is 0 Å². The molecule has 3 nitrogen and oxygen atoms in total. The highest BCUT2D eigenvalue weighted by atomic mass is 15.0. The molecule has 0 radical (unpaired) electrons. The van der Waals surface area contributed by atoms with Gasteiger partial charge in [0.1, 0.15) is 5.82 Å². The van der Waals surface area contributed by atoms with E-state index < -0.39 is 0 Å². The summed E-state index contributed by atoms with van der Waals surface area (Å²) in [5, 5.41) is 3.38. The molecule has 0 saturated heterocycles. The average molecular weight is 205 g/mol. The zero-order chi connectivity index (χ0) is 10.7. The van der Waals surface area contributed by atoms with Crippen LogP contribution in [0.4, 0.5) is 11.5 Å². The van der Waals surface area contributed by atoms with E-state index >= 15 is 0 Å². The van der Waals surface area contributed by atoms with Gasteiger partial charge in [-0.05, 0) is 30.4 Å². The Bertz CT molecular complexity index is 307. The third-order valence-electron chi connectivity index (χ3n) is 3.37. The van der Waals surface area contributed by atoms with Gasteiger partial charge in [0.05, 0.1) is 11.9 Å². The summed E-state index contributed by atoms with van der Waals surface area (Å²) in [4.78, 5) is 4.23. The molecule has 1 aromatic rings. The van der Waals surface area contributed by atoms with Crippen LogP contribution in [0.1, 0.15) is 26.2 Å². The summed E-state index contributed by atoms with van der Waals surface area (Å²) >= 11 is 0. The maximum atomic E-state index is 5.58. The smallest absolute Gasteiger partial charge is 0.126 e. The predicted octanol–water partition coefficient (Wildman–Crippen LogP) is 2.51. The van der Waals surface area contributed by atoms with Gasteiger partial charge in [-0.2, -0.15) is 0 Å². The van der Waals surface area contributed by atoms with E-state index in [1.54, 1.807) is 6.20 Å². The molecule has 3 N–H and O–H groups in total. The van der Waals surface area contributed by atoms with Crippen molar-refractivity contribution in [2.45, 2.75) is 26.2 Å². The summed E-state index contributed by atoms with van der Waals surface area (Å²) < 4.78 is 0. The summed E-state index contributed by atoms with van der Waals surface area (Å²) in [6.07, 6.45) is 5.80. The molecule has 3 heteroatoms. The first kappa shape index (κ1) is 10.3. The second-order valence-electron chi connectivity index (χ2n) is 4.53. The number of nitrogens with two attached hydrogens (primary N) is 1. The molecular weight excluding hydrogens is 186 g/mol. The number of nitrogens with one attached hydrogen (secondary N) is 1. The molecule has 15 heavy (non-hydrogen) atoms. The van der Waals surface area contributed by atoms with Crippen LogP contribution >= 0.6 is 0 Å². The standard InChI is InChI=1S/C12H19N3/c1-9-3-2-4-10(9)7-14-12-6-5-11(13)8-15-12/h5-6,8-10H,2-4,7,13H2,1H3,(H,14,15). The van der Waals surface area contributed by atoms with Crippen molar-refractivity contribution in [2.75, 3.05) is 17.6 Å². The van der Waals surface area contributed by atoms with Crippen LogP contribution in [0.25, 0.3) is 0 Å². The Morgan fingerprint density at radius 2 is 2.33 bits per heavy atom. The molecule has 2 atom stereocenters. The highest BCUT2D eigenvalue weighted by Crippen LogP contribution is 2.31. The normalized spacial score (nSPS) is 25.4. The molecule has 0 bridgehead atoms. The van der Waals surface area contributed by atoms with Crippen LogP contribution in [0.2, 0.25) is 0 Å². The van der Waals surface area contributed by atoms with Crippen LogP contribution in [0.15, 0.2) is 18.3 Å². The van der Waals surface area contributed by atoms with E-state index in [4.69, 9.17) is 5.73 Å². The van der Waals surface area contributed by atoms with Crippen molar-refractivity contribution in [3.05, 3.63) is 18.3 Å². The van der Waals surface area contributed by atoms with Gasteiger partial charge in [-0.15, -0.1) is 0 Å². The maximum absolute atomic E-state index is 5.58. The molecule has 2 unspecified atom stereocenters. The molecule has 1 saturated carbocycles. The van der Waals surface area contributed by atoms with Crippen LogP contribution < -0.4 is 11.1 Å². The maximum Gasteiger partial charge on any atom is 0.126 e. The van der Waals surface area contributed by atoms with E-state index in [-0.39, 0.29) is 0 Å². The number of hydrogen-bond donors (Lipinski definition) is 2. The van der Waals surface area contributed by atoms with Crippen LogP contribution in [-0.4, -0.2) is 11.5 Å². The fourth-order valence-electron chi connectivity index (χ4n) is 2.27. The van der Waals surface area contributed by atoms with Crippen molar-refractivity contribution in [3.63, 3.8) is 0 Å². The van der Waals surface area contributed by atoms with Gasteiger partial charge in [0, 0.05) is 6.54 Å². The fourth-order valence-corrected chi connectivity index (χ4v) is 2.27. The first-order chi connectivity index (χ1) is 7.25. The number of hydrogen-bond acceptors (Lipinski definition) is 3. The van der Waals surface area contributed by atoms with Crippen molar-refractivity contribution in [2.24, 2.45) is 11.8 Å². The lowest BCUT2D eigenvalue weighted by molar-refractivity contribution is 0.439. The first-order valence-electron chi connectivity index (χ1n) is 5.71. The average Bonchev–Trinajstić information content (AvgIpc) is 2.63. The van der Waals surface area contributed by atoms with Crippen LogP contribution in [0, 0.1) is 11.8 Å². The molecular formula is C12H19N3. The number of nitrogen functional groups attached to an aromatic ring is 1. The van der Waals surface area contributed by atoms with Crippen molar-refractivity contribution in [1.82, 2.24) is 4.98 Å². The van der Waals surface area contributed by atoms with Crippen LogP contribution in [-0.2, 0) is 0 Å². The Hall–Kier alpha value is -1.25. The van der Waals surface area contributed by atoms with Crippen LogP contribution in [0.3, 0.4) is 0 Å². The second-order valence-corrected chi connectivity index (χ2v) is 4.53. The first-order valence-corrected chi connectivity index (χ1v) is 5.71. The van der Waals surface area contributed by atoms with E-state index in [1.165, 1.54) is 19.3 Å². The van der Waals surface area contributed by atoms with E-state index in [0.29, 0.717) is 0 Å². The minimum absolute atomic E-state index is 0.717. The van der Waals surface area contributed by atoms with Gasteiger partial charge in [-0.3, -0.25) is 0 Å². The molecule has 0 aromatic carbocycles. The van der Waals surface area contributed by atoms with Crippen LogP contribution in [0.5, 0.6) is 0 Å². The van der Waals surface area contributed by atoms with Crippen molar-refractivity contribution < 1.29 is 0 Å². The summed E-state index contributed by atoms with van der Waals surface area (Å²) in [6, 6.07) is 3.82. The third kappa shape index (κ3) is 2.61. The van der Waals surface area contributed by atoms with E-state index in [0.717, 1.165) is 29.9 Å². The highest BCUT2D eigenvalue weighted by Gasteiger charge is 2.22. The van der Waals surface area contributed by atoms with Gasteiger partial charge in [0.15, 0.2) is 0 Å². The number of anilines is 2. The number of rotatable bonds is 3. The molecule has 0 aliphatic heterocycles. The lowest BCUT2D eigenvalue weighted by Crippen LogP contribution is -2.16. The van der Waals surface area contributed by atoms with Gasteiger partial charge in [0.2, 0.25) is 0 Å². The lowest BCUT2D eigenvalue weighted by Gasteiger charge is -2.16. The number of aromatic nitrogens is 1. The molecule has 1 fully saturated rings. The topological polar surface area (TPSA) is 50.9 Å². The van der Waals surface area contributed by atoms with Gasteiger partial charge in [-0.1, -0.05) is 19.8 Å². The minimum Gasteiger partial charge on any atom is -0.397 e. The molecule has 0 amide bonds. The fraction of sp³-hybridized carbons (Fsp3) is 0.583. The van der Waals surface area contributed by atoms with E-state index in [9.17, 15) is 0 Å².